The number of aromatic nitrogens is 1. The Morgan fingerprint density at radius 1 is 1.27 bits per heavy atom. The van der Waals surface area contributed by atoms with E-state index in [1.54, 1.807) is 26.5 Å². The van der Waals surface area contributed by atoms with Gasteiger partial charge in [-0.25, -0.2) is 4.98 Å². The van der Waals surface area contributed by atoms with Crippen LogP contribution in [0.25, 0.3) is 0 Å². The molecule has 1 heterocycles. The zero-order valence-corrected chi connectivity index (χ0v) is 7.88. The molecule has 60 valence electrons. The fourth-order valence-electron chi connectivity index (χ4n) is 0.713. The minimum absolute atomic E-state index is 0.635. The van der Waals surface area contributed by atoms with Gasteiger partial charge in [-0.3, -0.25) is 0 Å². The number of nitrogens with zero attached hydrogens (tertiary/aromatic N) is 1. The summed E-state index contributed by atoms with van der Waals surface area (Å²) in [6.45, 7) is 0. The van der Waals surface area contributed by atoms with Crippen LogP contribution in [-0.4, -0.2) is 19.2 Å². The van der Waals surface area contributed by atoms with Crippen molar-refractivity contribution in [2.24, 2.45) is 0 Å². The second-order valence-electron chi connectivity index (χ2n) is 1.86. The van der Waals surface area contributed by atoms with E-state index in [1.807, 2.05) is 0 Å². The van der Waals surface area contributed by atoms with Gasteiger partial charge in [0.05, 0.1) is 20.4 Å². The molecule has 0 amide bonds. The molecule has 1 aromatic heterocycles. The van der Waals surface area contributed by atoms with Crippen LogP contribution >= 0.6 is 15.9 Å². The van der Waals surface area contributed by atoms with Crippen molar-refractivity contribution in [2.75, 3.05) is 14.2 Å². The SMILES string of the molecule is COc1cnc(Br)cc1OC. The molecule has 0 spiro atoms. The smallest absolute Gasteiger partial charge is 0.179 e. The molecule has 0 saturated heterocycles. The molecule has 0 aliphatic carbocycles. The lowest BCUT2D eigenvalue weighted by Gasteiger charge is -2.05. The van der Waals surface area contributed by atoms with E-state index in [4.69, 9.17) is 9.47 Å². The van der Waals surface area contributed by atoms with E-state index in [0.29, 0.717) is 11.5 Å². The maximum absolute atomic E-state index is 5.02. The quantitative estimate of drug-likeness (QED) is 0.710. The maximum Gasteiger partial charge on any atom is 0.179 e. The Bertz CT molecular complexity index is 252. The Kier molecular flexibility index (Phi) is 2.70. The number of halogens is 1. The van der Waals surface area contributed by atoms with Crippen LogP contribution in [0.4, 0.5) is 0 Å². The van der Waals surface area contributed by atoms with Gasteiger partial charge < -0.3 is 9.47 Å². The lowest BCUT2D eigenvalue weighted by Crippen LogP contribution is -1.91. The fourth-order valence-corrected chi connectivity index (χ4v) is 1.02. The van der Waals surface area contributed by atoms with Crippen molar-refractivity contribution in [1.82, 2.24) is 4.98 Å². The molecule has 0 aromatic carbocycles. The van der Waals surface area contributed by atoms with E-state index in [-0.39, 0.29) is 0 Å². The first-order valence-corrected chi connectivity index (χ1v) is 3.80. The highest BCUT2D eigenvalue weighted by Crippen LogP contribution is 2.27. The number of hydrogen-bond acceptors (Lipinski definition) is 3. The van der Waals surface area contributed by atoms with Gasteiger partial charge >= 0.3 is 0 Å². The molecule has 0 aliphatic heterocycles. The standard InChI is InChI=1S/C7H8BrNO2/c1-10-5-3-7(8)9-4-6(5)11-2/h3-4H,1-2H3. The molecule has 0 unspecified atom stereocenters. The Labute approximate surface area is 73.5 Å². The van der Waals surface area contributed by atoms with Gasteiger partial charge in [-0.2, -0.15) is 0 Å². The fraction of sp³-hybridized carbons (Fsp3) is 0.286. The van der Waals surface area contributed by atoms with Crippen LogP contribution in [0.15, 0.2) is 16.9 Å². The van der Waals surface area contributed by atoms with Gasteiger partial charge in [0.15, 0.2) is 11.5 Å². The molecule has 0 saturated carbocycles. The van der Waals surface area contributed by atoms with Crippen LogP contribution in [0.5, 0.6) is 11.5 Å². The van der Waals surface area contributed by atoms with Gasteiger partial charge in [-0.05, 0) is 15.9 Å². The van der Waals surface area contributed by atoms with E-state index in [2.05, 4.69) is 20.9 Å². The molecule has 0 N–H and O–H groups in total. The first-order valence-electron chi connectivity index (χ1n) is 3.01. The third-order valence-electron chi connectivity index (χ3n) is 1.24. The normalized spacial score (nSPS) is 9.36. The molecule has 0 atom stereocenters. The highest BCUT2D eigenvalue weighted by molar-refractivity contribution is 9.10. The second kappa shape index (κ2) is 3.57. The molecule has 4 heteroatoms. The molecule has 1 rings (SSSR count). The van der Waals surface area contributed by atoms with Gasteiger partial charge in [0.2, 0.25) is 0 Å². The molecule has 3 nitrogen and oxygen atoms in total. The Balaban J connectivity index is 3.06. The lowest BCUT2D eigenvalue weighted by atomic mass is 10.4. The van der Waals surface area contributed by atoms with Gasteiger partial charge in [0.25, 0.3) is 0 Å². The maximum atomic E-state index is 5.02. The number of ether oxygens (including phenoxy) is 2. The van der Waals surface area contributed by atoms with E-state index < -0.39 is 0 Å². The van der Waals surface area contributed by atoms with Crippen LogP contribution in [0, 0.1) is 0 Å². The highest BCUT2D eigenvalue weighted by atomic mass is 79.9. The third kappa shape index (κ3) is 1.83. The summed E-state index contributed by atoms with van der Waals surface area (Å²) < 4.78 is 10.7. The van der Waals surface area contributed by atoms with Crippen LogP contribution in [0.1, 0.15) is 0 Å². The third-order valence-corrected chi connectivity index (χ3v) is 1.67. The van der Waals surface area contributed by atoms with Gasteiger partial charge in [-0.1, -0.05) is 0 Å². The van der Waals surface area contributed by atoms with E-state index in [1.165, 1.54) is 0 Å². The van der Waals surface area contributed by atoms with Gasteiger partial charge in [0.1, 0.15) is 4.60 Å². The minimum atomic E-state index is 0.635. The Morgan fingerprint density at radius 3 is 2.45 bits per heavy atom. The van der Waals surface area contributed by atoms with E-state index in [9.17, 15) is 0 Å². The van der Waals surface area contributed by atoms with Crippen molar-refractivity contribution in [2.45, 2.75) is 0 Å². The first kappa shape index (κ1) is 8.33. The van der Waals surface area contributed by atoms with Crippen molar-refractivity contribution in [3.8, 4) is 11.5 Å². The van der Waals surface area contributed by atoms with Crippen molar-refractivity contribution < 1.29 is 9.47 Å². The lowest BCUT2D eigenvalue weighted by molar-refractivity contribution is 0.353. The monoisotopic (exact) mass is 217 g/mol. The summed E-state index contributed by atoms with van der Waals surface area (Å²) in [5.41, 5.74) is 0. The van der Waals surface area contributed by atoms with Crippen molar-refractivity contribution in [3.05, 3.63) is 16.9 Å². The van der Waals surface area contributed by atoms with Crippen LogP contribution in [0.2, 0.25) is 0 Å². The topological polar surface area (TPSA) is 31.4 Å². The number of pyridine rings is 1. The van der Waals surface area contributed by atoms with E-state index in [0.717, 1.165) is 4.60 Å². The summed E-state index contributed by atoms with van der Waals surface area (Å²) in [5, 5.41) is 0. The zero-order valence-electron chi connectivity index (χ0n) is 6.30. The van der Waals surface area contributed by atoms with Gasteiger partial charge in [-0.15, -0.1) is 0 Å². The molecule has 0 bridgehead atoms. The predicted molar refractivity (Wildman–Crippen MR) is 45.0 cm³/mol. The number of rotatable bonds is 2. The molecule has 0 radical (unpaired) electrons. The number of hydrogen-bond donors (Lipinski definition) is 0. The number of methoxy groups -OCH3 is 2. The minimum Gasteiger partial charge on any atom is -0.493 e. The Hall–Kier alpha value is -0.770. The van der Waals surface area contributed by atoms with Crippen LogP contribution in [-0.2, 0) is 0 Å². The average Bonchev–Trinajstić information content (AvgIpc) is 2.04. The van der Waals surface area contributed by atoms with Crippen molar-refractivity contribution >= 4 is 15.9 Å². The summed E-state index contributed by atoms with van der Waals surface area (Å²) >= 11 is 3.22. The highest BCUT2D eigenvalue weighted by Gasteiger charge is 2.02. The molecule has 11 heavy (non-hydrogen) atoms. The second-order valence-corrected chi connectivity index (χ2v) is 2.67. The van der Waals surface area contributed by atoms with Crippen molar-refractivity contribution in [1.29, 1.82) is 0 Å². The average molecular weight is 218 g/mol. The summed E-state index contributed by atoms with van der Waals surface area (Å²) in [6, 6.07) is 1.75. The summed E-state index contributed by atoms with van der Waals surface area (Å²) in [5.74, 6) is 1.31. The van der Waals surface area contributed by atoms with Gasteiger partial charge in [0, 0.05) is 6.07 Å². The largest absolute Gasteiger partial charge is 0.493 e. The van der Waals surface area contributed by atoms with Crippen LogP contribution < -0.4 is 9.47 Å². The molecular weight excluding hydrogens is 210 g/mol. The van der Waals surface area contributed by atoms with E-state index >= 15 is 0 Å². The summed E-state index contributed by atoms with van der Waals surface area (Å²) in [4.78, 5) is 3.97. The molecule has 0 fully saturated rings. The molecule has 1 aromatic rings. The molecule has 0 aliphatic rings. The van der Waals surface area contributed by atoms with Crippen molar-refractivity contribution in [3.63, 3.8) is 0 Å². The predicted octanol–water partition coefficient (Wildman–Crippen LogP) is 1.86. The summed E-state index contributed by atoms with van der Waals surface area (Å²) in [6.07, 6.45) is 1.60. The molecular formula is C7H8BrNO2. The Morgan fingerprint density at radius 2 is 1.91 bits per heavy atom. The summed E-state index contributed by atoms with van der Waals surface area (Å²) in [7, 11) is 3.16. The zero-order chi connectivity index (χ0) is 8.27. The first-order chi connectivity index (χ1) is 5.27. The van der Waals surface area contributed by atoms with Crippen LogP contribution in [0.3, 0.4) is 0 Å².